The van der Waals surface area contributed by atoms with E-state index in [2.05, 4.69) is 10.1 Å². The monoisotopic (exact) mass is 526 g/mol. The molecule has 0 atom stereocenters. The quantitative estimate of drug-likeness (QED) is 0.449. The Morgan fingerprint density at radius 1 is 1.22 bits per heavy atom. The number of carbonyl (C=O) groups is 1. The summed E-state index contributed by atoms with van der Waals surface area (Å²) in [4.78, 5) is 25.4. The lowest BCUT2D eigenvalue weighted by atomic mass is 9.89. The van der Waals surface area contributed by atoms with Gasteiger partial charge in [0, 0.05) is 53.6 Å². The molecule has 0 aliphatic carbocycles. The Morgan fingerprint density at radius 3 is 2.65 bits per heavy atom. The second kappa shape index (κ2) is 11.5. The minimum absolute atomic E-state index is 0.169. The normalized spacial score (nSPS) is 14.7. The van der Waals surface area contributed by atoms with Crippen molar-refractivity contribution in [2.45, 2.75) is 45.1 Å². The predicted octanol–water partition coefficient (Wildman–Crippen LogP) is 5.24. The molecule has 1 aliphatic rings. The number of ether oxygens (including phenoxy) is 2. The van der Waals surface area contributed by atoms with Gasteiger partial charge in [0.05, 0.1) is 5.69 Å². The van der Waals surface area contributed by atoms with Gasteiger partial charge in [-0.25, -0.2) is 9.78 Å². The molecule has 4 rings (SSSR count). The van der Waals surface area contributed by atoms with E-state index in [-0.39, 0.29) is 12.0 Å². The van der Waals surface area contributed by atoms with Crippen molar-refractivity contribution in [3.63, 3.8) is 0 Å². The molecular formula is C27H35ClN6O3. The fourth-order valence-electron chi connectivity index (χ4n) is 4.30. The number of piperidine rings is 1. The Bertz CT molecular complexity index is 1210. The number of nitrogens with one attached hydrogen (secondary N) is 1. The Morgan fingerprint density at radius 2 is 1.97 bits per heavy atom. The number of aromatic nitrogens is 4. The van der Waals surface area contributed by atoms with Gasteiger partial charge in [-0.15, -0.1) is 0 Å². The van der Waals surface area contributed by atoms with Crippen LogP contribution in [0.15, 0.2) is 36.5 Å². The highest BCUT2D eigenvalue weighted by molar-refractivity contribution is 6.30. The molecule has 3 heterocycles. The van der Waals surface area contributed by atoms with E-state index in [1.54, 1.807) is 11.1 Å². The predicted molar refractivity (Wildman–Crippen MR) is 144 cm³/mol. The van der Waals surface area contributed by atoms with Gasteiger partial charge in [-0.1, -0.05) is 23.7 Å². The molecule has 9 nitrogen and oxygen atoms in total. The summed E-state index contributed by atoms with van der Waals surface area (Å²) in [6.45, 7) is 8.10. The van der Waals surface area contributed by atoms with Crippen LogP contribution < -0.4 is 4.74 Å². The minimum Gasteiger partial charge on any atom is -0.462 e. The van der Waals surface area contributed by atoms with Gasteiger partial charge >= 0.3 is 12.1 Å². The van der Waals surface area contributed by atoms with Gasteiger partial charge in [-0.2, -0.15) is 10.1 Å². The van der Waals surface area contributed by atoms with E-state index in [4.69, 9.17) is 31.2 Å². The van der Waals surface area contributed by atoms with Gasteiger partial charge in [0.15, 0.2) is 0 Å². The van der Waals surface area contributed by atoms with Crippen LogP contribution >= 0.6 is 11.6 Å². The van der Waals surface area contributed by atoms with Crippen LogP contribution in [-0.4, -0.2) is 82.0 Å². The lowest BCUT2D eigenvalue weighted by Crippen LogP contribution is -2.41. The van der Waals surface area contributed by atoms with Crippen molar-refractivity contribution in [1.82, 2.24) is 30.0 Å². The maximum Gasteiger partial charge on any atom is 0.410 e. The highest BCUT2D eigenvalue weighted by Gasteiger charge is 2.31. The standard InChI is InChI=1S/C27H35ClN6O3/c1-27(2,3)37-26(35)34-13-10-18(11-14-34)23-22(24(32-31-23)19-7-6-8-20(28)17-19)21-9-12-29-25(30-21)36-16-15-33(4)5/h6-9,12,17-18H,10-11,13-16H2,1-5H3,(H,31,32). The molecule has 1 amide bonds. The fraction of sp³-hybridized carbons (Fsp3) is 0.481. The average molecular weight is 527 g/mol. The molecule has 0 bridgehead atoms. The molecule has 0 spiro atoms. The summed E-state index contributed by atoms with van der Waals surface area (Å²) in [6, 6.07) is 9.82. The van der Waals surface area contributed by atoms with Crippen LogP contribution in [0.1, 0.15) is 45.2 Å². The van der Waals surface area contributed by atoms with Crippen LogP contribution in [-0.2, 0) is 4.74 Å². The Labute approximate surface area is 223 Å². The molecule has 1 N–H and O–H groups in total. The Kier molecular flexibility index (Phi) is 8.34. The van der Waals surface area contributed by atoms with E-state index in [0.717, 1.165) is 47.6 Å². The summed E-state index contributed by atoms with van der Waals surface area (Å²) < 4.78 is 11.4. The van der Waals surface area contributed by atoms with Crippen molar-refractivity contribution in [1.29, 1.82) is 0 Å². The molecular weight excluding hydrogens is 492 g/mol. The third-order valence-corrected chi connectivity index (χ3v) is 6.34. The van der Waals surface area contributed by atoms with Crippen LogP contribution in [0.4, 0.5) is 4.79 Å². The highest BCUT2D eigenvalue weighted by Crippen LogP contribution is 2.40. The van der Waals surface area contributed by atoms with E-state index in [1.807, 2.05) is 70.1 Å². The second-order valence-corrected chi connectivity index (χ2v) is 10.9. The first-order chi connectivity index (χ1) is 17.6. The van der Waals surface area contributed by atoms with E-state index in [1.165, 1.54) is 0 Å². The molecule has 0 radical (unpaired) electrons. The Hall–Kier alpha value is -3.17. The number of hydrogen-bond acceptors (Lipinski definition) is 7. The van der Waals surface area contributed by atoms with Gasteiger partial charge in [-0.05, 0) is 65.9 Å². The van der Waals surface area contributed by atoms with Crippen molar-refractivity contribution in [2.75, 3.05) is 40.3 Å². The van der Waals surface area contributed by atoms with Crippen LogP contribution in [0.5, 0.6) is 6.01 Å². The third kappa shape index (κ3) is 6.99. The van der Waals surface area contributed by atoms with Gasteiger partial charge < -0.3 is 19.3 Å². The lowest BCUT2D eigenvalue weighted by Gasteiger charge is -2.33. The van der Waals surface area contributed by atoms with Gasteiger partial charge in [0.2, 0.25) is 0 Å². The van der Waals surface area contributed by atoms with Crippen molar-refractivity contribution < 1.29 is 14.3 Å². The maximum absolute atomic E-state index is 12.6. The summed E-state index contributed by atoms with van der Waals surface area (Å²) in [6.07, 6.45) is 2.99. The zero-order valence-corrected chi connectivity index (χ0v) is 22.9. The number of nitrogens with zero attached hydrogens (tertiary/aromatic N) is 5. The van der Waals surface area contributed by atoms with E-state index in [0.29, 0.717) is 30.7 Å². The number of rotatable bonds is 7. The van der Waals surface area contributed by atoms with E-state index in [9.17, 15) is 4.79 Å². The highest BCUT2D eigenvalue weighted by atomic mass is 35.5. The maximum atomic E-state index is 12.6. The average Bonchev–Trinajstić information content (AvgIpc) is 3.28. The number of hydrogen-bond donors (Lipinski definition) is 1. The first kappa shape index (κ1) is 26.9. The largest absolute Gasteiger partial charge is 0.462 e. The number of amides is 1. The number of carbonyl (C=O) groups excluding carboxylic acids is 1. The lowest BCUT2D eigenvalue weighted by molar-refractivity contribution is 0.0204. The number of benzene rings is 1. The number of H-pyrrole nitrogens is 1. The Balaban J connectivity index is 1.63. The van der Waals surface area contributed by atoms with Crippen LogP contribution in [0.2, 0.25) is 5.02 Å². The molecule has 0 unspecified atom stereocenters. The zero-order chi connectivity index (χ0) is 26.6. The summed E-state index contributed by atoms with van der Waals surface area (Å²) >= 11 is 6.31. The van der Waals surface area contributed by atoms with Crippen molar-refractivity contribution in [3.05, 3.63) is 47.2 Å². The molecule has 10 heteroatoms. The van der Waals surface area contributed by atoms with E-state index < -0.39 is 5.60 Å². The van der Waals surface area contributed by atoms with Crippen LogP contribution in [0.3, 0.4) is 0 Å². The van der Waals surface area contributed by atoms with Crippen molar-refractivity contribution >= 4 is 17.7 Å². The number of halogens is 1. The molecule has 198 valence electrons. The van der Waals surface area contributed by atoms with Gasteiger partial charge in [-0.3, -0.25) is 5.10 Å². The molecule has 2 aromatic heterocycles. The summed E-state index contributed by atoms with van der Waals surface area (Å²) in [7, 11) is 3.98. The molecule has 1 fully saturated rings. The molecule has 1 saturated heterocycles. The van der Waals surface area contributed by atoms with Gasteiger partial charge in [0.25, 0.3) is 0 Å². The smallest absolute Gasteiger partial charge is 0.410 e. The van der Waals surface area contributed by atoms with Crippen LogP contribution in [0.25, 0.3) is 22.5 Å². The molecule has 1 aromatic carbocycles. The second-order valence-electron chi connectivity index (χ2n) is 10.5. The third-order valence-electron chi connectivity index (χ3n) is 6.11. The van der Waals surface area contributed by atoms with Gasteiger partial charge in [0.1, 0.15) is 17.9 Å². The van der Waals surface area contributed by atoms with Crippen molar-refractivity contribution in [3.8, 4) is 28.5 Å². The van der Waals surface area contributed by atoms with Crippen LogP contribution in [0, 0.1) is 0 Å². The molecule has 3 aromatic rings. The van der Waals surface area contributed by atoms with E-state index >= 15 is 0 Å². The number of likely N-dealkylation sites (tertiary alicyclic amines) is 1. The molecule has 37 heavy (non-hydrogen) atoms. The molecule has 0 saturated carbocycles. The first-order valence-electron chi connectivity index (χ1n) is 12.5. The zero-order valence-electron chi connectivity index (χ0n) is 22.1. The molecule has 1 aliphatic heterocycles. The fourth-order valence-corrected chi connectivity index (χ4v) is 4.49. The summed E-state index contributed by atoms with van der Waals surface area (Å²) in [5.41, 5.74) is 3.75. The first-order valence-corrected chi connectivity index (χ1v) is 12.9. The van der Waals surface area contributed by atoms with Crippen molar-refractivity contribution in [2.24, 2.45) is 0 Å². The number of aromatic amines is 1. The summed E-state index contributed by atoms with van der Waals surface area (Å²) in [5, 5.41) is 8.62. The number of likely N-dealkylation sites (N-methyl/N-ethyl adjacent to an activating group) is 1. The summed E-state index contributed by atoms with van der Waals surface area (Å²) in [5.74, 6) is 0.169. The minimum atomic E-state index is -0.518. The SMILES string of the molecule is CN(C)CCOc1nccc(-c2c(-c3cccc(Cl)c3)n[nH]c2C2CCN(C(=O)OC(C)(C)C)CC2)n1. The topological polar surface area (TPSA) is 96.5 Å².